The summed E-state index contributed by atoms with van der Waals surface area (Å²) in [5.41, 5.74) is 5.98. The van der Waals surface area contributed by atoms with Crippen LogP contribution in [0, 0.1) is 20.8 Å². The van der Waals surface area contributed by atoms with Crippen molar-refractivity contribution in [3.05, 3.63) is 41.2 Å². The highest BCUT2D eigenvalue weighted by molar-refractivity contribution is 5.67. The van der Waals surface area contributed by atoms with Crippen molar-refractivity contribution < 1.29 is 0 Å². The Morgan fingerprint density at radius 1 is 0.882 bits per heavy atom. The molecule has 0 atom stereocenters. The Labute approximate surface area is 102 Å². The van der Waals surface area contributed by atoms with Gasteiger partial charge in [-0.2, -0.15) is 0 Å². The van der Waals surface area contributed by atoms with E-state index in [4.69, 9.17) is 0 Å². The van der Waals surface area contributed by atoms with Crippen LogP contribution in [0.25, 0.3) is 11.3 Å². The minimum absolute atomic E-state index is 0.840. The Balaban J connectivity index is 2.56. The highest BCUT2D eigenvalue weighted by Crippen LogP contribution is 2.25. The molecule has 0 saturated carbocycles. The third kappa shape index (κ3) is 2.28. The van der Waals surface area contributed by atoms with Gasteiger partial charge >= 0.3 is 0 Å². The van der Waals surface area contributed by atoms with E-state index in [0.717, 1.165) is 11.5 Å². The van der Waals surface area contributed by atoms with Gasteiger partial charge in [-0.3, -0.25) is 0 Å². The molecule has 0 aliphatic carbocycles. The Kier molecular flexibility index (Phi) is 3.09. The van der Waals surface area contributed by atoms with E-state index in [1.54, 1.807) is 6.33 Å². The summed E-state index contributed by atoms with van der Waals surface area (Å²) in [6.07, 6.45) is 1.59. The molecule has 1 heterocycles. The molecule has 0 spiro atoms. The fraction of sp³-hybridized carbons (Fsp3) is 0.286. The highest BCUT2D eigenvalue weighted by Gasteiger charge is 2.06. The second-order valence-corrected chi connectivity index (χ2v) is 4.29. The van der Waals surface area contributed by atoms with E-state index in [2.05, 4.69) is 48.2 Å². The quantitative estimate of drug-likeness (QED) is 0.856. The lowest BCUT2D eigenvalue weighted by atomic mass is 9.98. The molecule has 2 rings (SSSR count). The lowest BCUT2D eigenvalue weighted by Crippen LogP contribution is -1.96. The molecule has 0 amide bonds. The smallest absolute Gasteiger partial charge is 0.129 e. The molecule has 0 aliphatic heterocycles. The maximum Gasteiger partial charge on any atom is 0.129 e. The zero-order chi connectivity index (χ0) is 12.4. The number of nitrogens with one attached hydrogen (secondary N) is 1. The second kappa shape index (κ2) is 4.53. The molecular weight excluding hydrogens is 210 g/mol. The van der Waals surface area contributed by atoms with E-state index in [1.165, 1.54) is 22.3 Å². The van der Waals surface area contributed by atoms with Crippen LogP contribution in [0.4, 0.5) is 5.82 Å². The van der Waals surface area contributed by atoms with Gasteiger partial charge in [0.15, 0.2) is 0 Å². The largest absolute Gasteiger partial charge is 0.373 e. The van der Waals surface area contributed by atoms with Gasteiger partial charge in [0.25, 0.3) is 0 Å². The van der Waals surface area contributed by atoms with Gasteiger partial charge in [-0.05, 0) is 43.5 Å². The van der Waals surface area contributed by atoms with Crippen molar-refractivity contribution in [2.75, 3.05) is 12.4 Å². The van der Waals surface area contributed by atoms with Crippen LogP contribution < -0.4 is 5.32 Å². The minimum Gasteiger partial charge on any atom is -0.373 e. The number of hydrogen-bond donors (Lipinski definition) is 1. The van der Waals surface area contributed by atoms with Gasteiger partial charge < -0.3 is 5.32 Å². The van der Waals surface area contributed by atoms with Gasteiger partial charge in [0.1, 0.15) is 12.1 Å². The van der Waals surface area contributed by atoms with Crippen LogP contribution in [0.15, 0.2) is 24.5 Å². The Hall–Kier alpha value is -1.90. The van der Waals surface area contributed by atoms with Crippen LogP contribution >= 0.6 is 0 Å². The highest BCUT2D eigenvalue weighted by atomic mass is 15.0. The predicted molar refractivity (Wildman–Crippen MR) is 71.2 cm³/mol. The van der Waals surface area contributed by atoms with Crippen LogP contribution in [0.2, 0.25) is 0 Å². The van der Waals surface area contributed by atoms with Gasteiger partial charge in [-0.25, -0.2) is 9.97 Å². The average molecular weight is 227 g/mol. The number of hydrogen-bond acceptors (Lipinski definition) is 3. The van der Waals surface area contributed by atoms with E-state index in [0.29, 0.717) is 0 Å². The van der Waals surface area contributed by atoms with E-state index in [-0.39, 0.29) is 0 Å². The van der Waals surface area contributed by atoms with E-state index < -0.39 is 0 Å². The molecule has 1 aromatic carbocycles. The lowest BCUT2D eigenvalue weighted by molar-refractivity contribution is 1.15. The number of aromatic nitrogens is 2. The third-order valence-corrected chi connectivity index (χ3v) is 3.04. The normalized spacial score (nSPS) is 10.4. The van der Waals surface area contributed by atoms with E-state index in [9.17, 15) is 0 Å². The van der Waals surface area contributed by atoms with Crippen molar-refractivity contribution in [3.63, 3.8) is 0 Å². The number of rotatable bonds is 2. The third-order valence-electron chi connectivity index (χ3n) is 3.04. The summed E-state index contributed by atoms with van der Waals surface area (Å²) < 4.78 is 0. The zero-order valence-electron chi connectivity index (χ0n) is 10.7. The second-order valence-electron chi connectivity index (χ2n) is 4.29. The molecule has 0 fully saturated rings. The minimum atomic E-state index is 0.840. The fourth-order valence-electron chi connectivity index (χ4n) is 1.88. The van der Waals surface area contributed by atoms with Crippen LogP contribution in [0.3, 0.4) is 0 Å². The Bertz CT molecular complexity index is 547. The van der Waals surface area contributed by atoms with Gasteiger partial charge in [0.2, 0.25) is 0 Å². The van der Waals surface area contributed by atoms with Crippen molar-refractivity contribution in [3.8, 4) is 11.3 Å². The summed E-state index contributed by atoms with van der Waals surface area (Å²) in [5, 5.41) is 3.03. The first kappa shape index (κ1) is 11.6. The predicted octanol–water partition coefficient (Wildman–Crippen LogP) is 3.11. The average Bonchev–Trinajstić information content (AvgIpc) is 2.34. The van der Waals surface area contributed by atoms with Gasteiger partial charge in [0.05, 0.1) is 5.69 Å². The number of aryl methyl sites for hydroxylation is 3. The molecule has 1 N–H and O–H groups in total. The summed E-state index contributed by atoms with van der Waals surface area (Å²) >= 11 is 0. The first-order chi connectivity index (χ1) is 8.11. The number of benzene rings is 1. The molecule has 2 aromatic rings. The molecule has 0 aliphatic rings. The van der Waals surface area contributed by atoms with E-state index in [1.807, 2.05) is 13.1 Å². The standard InChI is InChI=1S/C14H17N3/c1-9-5-11(3)12(6-10(9)2)13-7-14(15-4)17-8-16-13/h5-8H,1-4H3,(H,15,16,17). The van der Waals surface area contributed by atoms with Crippen molar-refractivity contribution in [2.45, 2.75) is 20.8 Å². The topological polar surface area (TPSA) is 37.8 Å². The number of anilines is 1. The molecule has 3 nitrogen and oxygen atoms in total. The summed E-state index contributed by atoms with van der Waals surface area (Å²) in [4.78, 5) is 8.47. The summed E-state index contributed by atoms with van der Waals surface area (Å²) in [6.45, 7) is 6.37. The van der Waals surface area contributed by atoms with Crippen LogP contribution in [0.5, 0.6) is 0 Å². The van der Waals surface area contributed by atoms with E-state index >= 15 is 0 Å². The molecule has 0 unspecified atom stereocenters. The molecule has 0 bridgehead atoms. The van der Waals surface area contributed by atoms with Crippen LogP contribution in [-0.2, 0) is 0 Å². The molecule has 3 heteroatoms. The maximum absolute atomic E-state index is 4.34. The SMILES string of the molecule is CNc1cc(-c2cc(C)c(C)cc2C)ncn1. The fourth-order valence-corrected chi connectivity index (χ4v) is 1.88. The summed E-state index contributed by atoms with van der Waals surface area (Å²) in [5.74, 6) is 0.840. The van der Waals surface area contributed by atoms with Crippen molar-refractivity contribution >= 4 is 5.82 Å². The molecule has 1 aromatic heterocycles. The molecule has 0 saturated heterocycles. The summed E-state index contributed by atoms with van der Waals surface area (Å²) in [7, 11) is 1.86. The maximum atomic E-state index is 4.34. The van der Waals surface area contributed by atoms with Crippen molar-refractivity contribution in [2.24, 2.45) is 0 Å². The lowest BCUT2D eigenvalue weighted by Gasteiger charge is -2.10. The molecule has 17 heavy (non-hydrogen) atoms. The Morgan fingerprint density at radius 3 is 2.29 bits per heavy atom. The molecule has 88 valence electrons. The number of nitrogens with zero attached hydrogens (tertiary/aromatic N) is 2. The Morgan fingerprint density at radius 2 is 1.59 bits per heavy atom. The molecular formula is C14H17N3. The monoisotopic (exact) mass is 227 g/mol. The van der Waals surface area contributed by atoms with Crippen molar-refractivity contribution in [1.29, 1.82) is 0 Å². The van der Waals surface area contributed by atoms with Gasteiger partial charge in [-0.1, -0.05) is 6.07 Å². The first-order valence-corrected chi connectivity index (χ1v) is 5.70. The van der Waals surface area contributed by atoms with Crippen molar-refractivity contribution in [1.82, 2.24) is 9.97 Å². The summed E-state index contributed by atoms with van der Waals surface area (Å²) in [6, 6.07) is 6.36. The van der Waals surface area contributed by atoms with Crippen LogP contribution in [0.1, 0.15) is 16.7 Å². The first-order valence-electron chi connectivity index (χ1n) is 5.70. The zero-order valence-corrected chi connectivity index (χ0v) is 10.7. The van der Waals surface area contributed by atoms with Gasteiger partial charge in [0, 0.05) is 18.7 Å². The van der Waals surface area contributed by atoms with Gasteiger partial charge in [-0.15, -0.1) is 0 Å². The van der Waals surface area contributed by atoms with Crippen LogP contribution in [-0.4, -0.2) is 17.0 Å². The molecule has 0 radical (unpaired) electrons.